The summed E-state index contributed by atoms with van der Waals surface area (Å²) in [6.07, 6.45) is -0.444. The van der Waals surface area contributed by atoms with Crippen LogP contribution in [0, 0.1) is 0 Å². The summed E-state index contributed by atoms with van der Waals surface area (Å²) in [6.45, 7) is 6.21. The molecule has 0 bridgehead atoms. The van der Waals surface area contributed by atoms with Gasteiger partial charge >= 0.3 is 6.09 Å². The summed E-state index contributed by atoms with van der Waals surface area (Å²) < 4.78 is 5.25. The molecule has 0 saturated carbocycles. The first-order valence-electron chi connectivity index (χ1n) is 7.30. The van der Waals surface area contributed by atoms with Crippen molar-refractivity contribution < 1.29 is 9.53 Å². The minimum absolute atomic E-state index is 0.444. The average Bonchev–Trinajstić information content (AvgIpc) is 2.44. The Morgan fingerprint density at radius 1 is 1.00 bits per heavy atom. The Morgan fingerprint density at radius 2 is 1.68 bits per heavy atom. The van der Waals surface area contributed by atoms with Gasteiger partial charge in [-0.3, -0.25) is 5.32 Å². The lowest BCUT2D eigenvalue weighted by Gasteiger charge is -2.19. The number of carbonyl (C=O) groups is 1. The Labute approximate surface area is 131 Å². The van der Waals surface area contributed by atoms with Crippen LogP contribution < -0.4 is 10.6 Å². The molecule has 0 saturated heterocycles. The lowest BCUT2D eigenvalue weighted by molar-refractivity contribution is 0.0636. The van der Waals surface area contributed by atoms with E-state index in [0.717, 1.165) is 16.9 Å². The fourth-order valence-corrected chi connectivity index (χ4v) is 1.94. The van der Waals surface area contributed by atoms with Gasteiger partial charge in [0.1, 0.15) is 5.60 Å². The van der Waals surface area contributed by atoms with E-state index in [1.54, 1.807) is 0 Å². The number of carbonyl (C=O) groups excluding carboxylic acids is 1. The minimum Gasteiger partial charge on any atom is -0.444 e. The molecule has 0 aliphatic heterocycles. The Hall–Kier alpha value is -2.49. The molecule has 0 spiro atoms. The highest BCUT2D eigenvalue weighted by molar-refractivity contribution is 5.84. The van der Waals surface area contributed by atoms with Crippen LogP contribution in [0.4, 0.5) is 16.2 Å². The van der Waals surface area contributed by atoms with Crippen molar-refractivity contribution in [3.8, 4) is 0 Å². The van der Waals surface area contributed by atoms with Gasteiger partial charge in [0, 0.05) is 17.9 Å². The maximum absolute atomic E-state index is 11.8. The predicted molar refractivity (Wildman–Crippen MR) is 90.1 cm³/mol. The van der Waals surface area contributed by atoms with Crippen LogP contribution in [-0.4, -0.2) is 11.7 Å². The standard InChI is InChI=1S/C18H22N2O2/c1-18(2,3)22-17(21)20-16-11-7-8-14(12-16)13-19-15-9-5-4-6-10-15/h4-12,19H,13H2,1-3H3,(H,20,21). The fraction of sp³-hybridized carbons (Fsp3) is 0.278. The lowest BCUT2D eigenvalue weighted by atomic mass is 10.2. The van der Waals surface area contributed by atoms with Gasteiger partial charge in [-0.1, -0.05) is 30.3 Å². The third-order valence-corrected chi connectivity index (χ3v) is 2.84. The van der Waals surface area contributed by atoms with Crippen LogP contribution in [0.3, 0.4) is 0 Å². The van der Waals surface area contributed by atoms with E-state index in [9.17, 15) is 4.79 Å². The van der Waals surface area contributed by atoms with E-state index in [4.69, 9.17) is 4.74 Å². The van der Waals surface area contributed by atoms with Gasteiger partial charge in [-0.2, -0.15) is 0 Å². The highest BCUT2D eigenvalue weighted by Crippen LogP contribution is 2.15. The van der Waals surface area contributed by atoms with E-state index in [-0.39, 0.29) is 0 Å². The van der Waals surface area contributed by atoms with Crippen molar-refractivity contribution in [2.75, 3.05) is 10.6 Å². The van der Waals surface area contributed by atoms with Gasteiger partial charge in [-0.05, 0) is 50.6 Å². The lowest BCUT2D eigenvalue weighted by Crippen LogP contribution is -2.27. The van der Waals surface area contributed by atoms with Crippen molar-refractivity contribution in [1.29, 1.82) is 0 Å². The molecule has 22 heavy (non-hydrogen) atoms. The first-order valence-corrected chi connectivity index (χ1v) is 7.30. The number of benzene rings is 2. The van der Waals surface area contributed by atoms with Crippen molar-refractivity contribution in [1.82, 2.24) is 0 Å². The second-order valence-electron chi connectivity index (χ2n) is 6.05. The van der Waals surface area contributed by atoms with Gasteiger partial charge in [0.25, 0.3) is 0 Å². The molecule has 2 aromatic carbocycles. The summed E-state index contributed by atoms with van der Waals surface area (Å²) in [5.74, 6) is 0. The second kappa shape index (κ2) is 6.98. The van der Waals surface area contributed by atoms with Crippen molar-refractivity contribution in [3.05, 3.63) is 60.2 Å². The quantitative estimate of drug-likeness (QED) is 0.864. The molecule has 0 aliphatic carbocycles. The third-order valence-electron chi connectivity index (χ3n) is 2.84. The van der Waals surface area contributed by atoms with Crippen molar-refractivity contribution in [2.45, 2.75) is 32.9 Å². The zero-order valence-electron chi connectivity index (χ0n) is 13.2. The van der Waals surface area contributed by atoms with Gasteiger partial charge in [0.15, 0.2) is 0 Å². The van der Waals surface area contributed by atoms with Crippen LogP contribution in [0.5, 0.6) is 0 Å². The predicted octanol–water partition coefficient (Wildman–Crippen LogP) is 4.65. The summed E-state index contributed by atoms with van der Waals surface area (Å²) >= 11 is 0. The summed E-state index contributed by atoms with van der Waals surface area (Å²) in [6, 6.07) is 17.7. The first kappa shape index (κ1) is 15.9. The zero-order valence-corrected chi connectivity index (χ0v) is 13.2. The monoisotopic (exact) mass is 298 g/mol. The number of ether oxygens (including phenoxy) is 1. The molecule has 1 amide bonds. The molecule has 0 atom stereocenters. The maximum Gasteiger partial charge on any atom is 0.412 e. The van der Waals surface area contributed by atoms with E-state index < -0.39 is 11.7 Å². The summed E-state index contributed by atoms with van der Waals surface area (Å²) in [4.78, 5) is 11.8. The number of rotatable bonds is 4. The topological polar surface area (TPSA) is 50.4 Å². The van der Waals surface area contributed by atoms with Gasteiger partial charge in [0.2, 0.25) is 0 Å². The SMILES string of the molecule is CC(C)(C)OC(=O)Nc1cccc(CNc2ccccc2)c1. The van der Waals surface area contributed by atoms with E-state index in [1.807, 2.05) is 75.4 Å². The van der Waals surface area contributed by atoms with E-state index in [1.165, 1.54) is 0 Å². The van der Waals surface area contributed by atoms with Crippen molar-refractivity contribution >= 4 is 17.5 Å². The van der Waals surface area contributed by atoms with Crippen LogP contribution in [0.2, 0.25) is 0 Å². The summed E-state index contributed by atoms with van der Waals surface area (Å²) in [7, 11) is 0. The van der Waals surface area contributed by atoms with Crippen LogP contribution in [0.25, 0.3) is 0 Å². The molecular weight excluding hydrogens is 276 g/mol. The third kappa shape index (κ3) is 5.48. The molecule has 0 unspecified atom stereocenters. The summed E-state index contributed by atoms with van der Waals surface area (Å²) in [5, 5.41) is 6.08. The van der Waals surface area contributed by atoms with Crippen LogP contribution in [-0.2, 0) is 11.3 Å². The average molecular weight is 298 g/mol. The molecule has 0 radical (unpaired) electrons. The largest absolute Gasteiger partial charge is 0.444 e. The van der Waals surface area contributed by atoms with Crippen molar-refractivity contribution in [2.24, 2.45) is 0 Å². The van der Waals surface area contributed by atoms with E-state index >= 15 is 0 Å². The Morgan fingerprint density at radius 3 is 2.36 bits per heavy atom. The molecule has 0 fully saturated rings. The zero-order chi connectivity index (χ0) is 16.0. The molecule has 0 aromatic heterocycles. The maximum atomic E-state index is 11.8. The smallest absolute Gasteiger partial charge is 0.412 e. The molecule has 0 heterocycles. The van der Waals surface area contributed by atoms with E-state index in [2.05, 4.69) is 10.6 Å². The molecule has 2 rings (SSSR count). The van der Waals surface area contributed by atoms with Gasteiger partial charge in [0.05, 0.1) is 0 Å². The van der Waals surface area contributed by atoms with Crippen LogP contribution in [0.1, 0.15) is 26.3 Å². The molecule has 2 aromatic rings. The second-order valence-corrected chi connectivity index (χ2v) is 6.05. The highest BCUT2D eigenvalue weighted by Gasteiger charge is 2.16. The fourth-order valence-electron chi connectivity index (χ4n) is 1.94. The Balaban J connectivity index is 1.94. The molecule has 116 valence electrons. The Bertz CT molecular complexity index is 618. The van der Waals surface area contributed by atoms with Gasteiger partial charge in [-0.25, -0.2) is 4.79 Å². The highest BCUT2D eigenvalue weighted by atomic mass is 16.6. The molecule has 4 nitrogen and oxygen atoms in total. The number of hydrogen-bond donors (Lipinski definition) is 2. The van der Waals surface area contributed by atoms with Crippen LogP contribution in [0.15, 0.2) is 54.6 Å². The Kier molecular flexibility index (Phi) is 5.04. The number of amides is 1. The molecule has 0 aliphatic rings. The minimum atomic E-state index is -0.503. The number of nitrogens with one attached hydrogen (secondary N) is 2. The summed E-state index contributed by atoms with van der Waals surface area (Å²) in [5.41, 5.74) is 2.36. The van der Waals surface area contributed by atoms with Gasteiger partial charge < -0.3 is 10.1 Å². The molecular formula is C18H22N2O2. The van der Waals surface area contributed by atoms with E-state index in [0.29, 0.717) is 6.54 Å². The number of hydrogen-bond acceptors (Lipinski definition) is 3. The molecule has 2 N–H and O–H groups in total. The number of para-hydroxylation sites is 1. The van der Waals surface area contributed by atoms with Gasteiger partial charge in [-0.15, -0.1) is 0 Å². The normalized spacial score (nSPS) is 10.9. The first-order chi connectivity index (χ1) is 10.4. The molecule has 4 heteroatoms. The van der Waals surface area contributed by atoms with Crippen molar-refractivity contribution in [3.63, 3.8) is 0 Å². The number of anilines is 2. The van der Waals surface area contributed by atoms with Crippen LogP contribution >= 0.6 is 0 Å².